The number of fused-ring (bicyclic) bond motifs is 3. The predicted octanol–water partition coefficient (Wildman–Crippen LogP) is 5.05. The number of carboxylic acids is 1. The van der Waals surface area contributed by atoms with Gasteiger partial charge in [-0.25, -0.2) is 14.2 Å². The van der Waals surface area contributed by atoms with E-state index in [0.717, 1.165) is 28.0 Å². The Morgan fingerprint density at radius 3 is 2.51 bits per heavy atom. The summed E-state index contributed by atoms with van der Waals surface area (Å²) < 4.78 is 20.0. The van der Waals surface area contributed by atoms with Crippen LogP contribution in [0.5, 0.6) is 5.75 Å². The average molecular weight is 472 g/mol. The molecule has 0 fully saturated rings. The molecule has 1 aromatic heterocycles. The zero-order chi connectivity index (χ0) is 24.7. The predicted molar refractivity (Wildman–Crippen MR) is 135 cm³/mol. The Morgan fingerprint density at radius 1 is 1.11 bits per heavy atom. The SMILES string of the molecule is CCOc1ccccc1-c1ccc(-c2nc3ccc(F)cc3c3c2C(CN)C(C(=O)O)N3C)cc1. The van der Waals surface area contributed by atoms with Crippen molar-refractivity contribution in [1.82, 2.24) is 4.98 Å². The molecule has 5 rings (SSSR count). The molecule has 0 bridgehead atoms. The van der Waals surface area contributed by atoms with Crippen LogP contribution in [0.15, 0.2) is 66.7 Å². The van der Waals surface area contributed by atoms with Crippen LogP contribution < -0.4 is 15.4 Å². The third kappa shape index (κ3) is 3.78. The Bertz CT molecular complexity index is 1420. The Morgan fingerprint density at radius 2 is 1.83 bits per heavy atom. The smallest absolute Gasteiger partial charge is 0.327 e. The van der Waals surface area contributed by atoms with Gasteiger partial charge in [0, 0.05) is 41.6 Å². The molecule has 2 heterocycles. The van der Waals surface area contributed by atoms with Gasteiger partial charge in [-0.1, -0.05) is 42.5 Å². The van der Waals surface area contributed by atoms with Crippen molar-refractivity contribution in [1.29, 1.82) is 0 Å². The normalized spacial score (nSPS) is 17.0. The zero-order valence-corrected chi connectivity index (χ0v) is 19.5. The molecule has 0 saturated heterocycles. The third-order valence-electron chi connectivity index (χ3n) is 6.64. The van der Waals surface area contributed by atoms with Crippen molar-refractivity contribution in [2.24, 2.45) is 5.73 Å². The van der Waals surface area contributed by atoms with Crippen LogP contribution in [-0.4, -0.2) is 42.3 Å². The van der Waals surface area contributed by atoms with Crippen LogP contribution in [0.25, 0.3) is 33.3 Å². The lowest BCUT2D eigenvalue weighted by Gasteiger charge is -2.22. The zero-order valence-electron chi connectivity index (χ0n) is 19.5. The molecule has 3 N–H and O–H groups in total. The second kappa shape index (κ2) is 9.00. The highest BCUT2D eigenvalue weighted by Crippen LogP contribution is 2.48. The molecule has 0 radical (unpaired) electrons. The number of halogens is 1. The first kappa shape index (κ1) is 22.8. The molecular formula is C28H26FN3O3. The molecule has 0 aliphatic carbocycles. The summed E-state index contributed by atoms with van der Waals surface area (Å²) in [7, 11) is 1.72. The van der Waals surface area contributed by atoms with E-state index in [1.165, 1.54) is 12.1 Å². The Balaban J connectivity index is 1.69. The standard InChI is InChI=1S/C28H26FN3O3/c1-3-35-23-7-5-4-6-19(23)16-8-10-17(11-9-16)25-24-21(15-30)27(28(33)34)32(2)26(24)20-14-18(29)12-13-22(20)31-25/h4-14,21,27H,3,15,30H2,1-2H3,(H,33,34). The summed E-state index contributed by atoms with van der Waals surface area (Å²) in [4.78, 5) is 18.7. The number of hydrogen-bond donors (Lipinski definition) is 2. The fourth-order valence-corrected chi connectivity index (χ4v) is 5.13. The lowest BCUT2D eigenvalue weighted by molar-refractivity contribution is -0.138. The van der Waals surface area contributed by atoms with Crippen molar-refractivity contribution in [2.45, 2.75) is 18.9 Å². The van der Waals surface area contributed by atoms with Gasteiger partial charge in [0.25, 0.3) is 0 Å². The van der Waals surface area contributed by atoms with Crippen LogP contribution in [0, 0.1) is 5.82 Å². The largest absolute Gasteiger partial charge is 0.493 e. The maximum atomic E-state index is 14.2. The number of nitrogens with two attached hydrogens (primary N) is 1. The molecular weight excluding hydrogens is 445 g/mol. The number of carboxylic acid groups (broad SMARTS) is 1. The summed E-state index contributed by atoms with van der Waals surface area (Å²) in [5.41, 5.74) is 11.6. The molecule has 6 nitrogen and oxygen atoms in total. The molecule has 2 unspecified atom stereocenters. The summed E-state index contributed by atoms with van der Waals surface area (Å²) in [6, 6.07) is 19.3. The van der Waals surface area contributed by atoms with Crippen LogP contribution in [0.3, 0.4) is 0 Å². The van der Waals surface area contributed by atoms with Gasteiger partial charge in [0.1, 0.15) is 17.6 Å². The van der Waals surface area contributed by atoms with Crippen LogP contribution >= 0.6 is 0 Å². The van der Waals surface area contributed by atoms with Crippen LogP contribution in [0.4, 0.5) is 10.1 Å². The van der Waals surface area contributed by atoms with Crippen molar-refractivity contribution < 1.29 is 19.0 Å². The van der Waals surface area contributed by atoms with Gasteiger partial charge in [-0.05, 0) is 36.8 Å². The van der Waals surface area contributed by atoms with E-state index in [2.05, 4.69) is 0 Å². The highest BCUT2D eigenvalue weighted by Gasteiger charge is 2.43. The van der Waals surface area contributed by atoms with Gasteiger partial charge < -0.3 is 20.5 Å². The molecule has 0 spiro atoms. The lowest BCUT2D eigenvalue weighted by Crippen LogP contribution is -2.40. The Kier molecular flexibility index (Phi) is 5.86. The number of hydrogen-bond acceptors (Lipinski definition) is 5. The molecule has 35 heavy (non-hydrogen) atoms. The summed E-state index contributed by atoms with van der Waals surface area (Å²) in [5, 5.41) is 10.6. The summed E-state index contributed by atoms with van der Waals surface area (Å²) in [6.07, 6.45) is 0. The second-order valence-electron chi connectivity index (χ2n) is 8.63. The van der Waals surface area contributed by atoms with E-state index in [1.54, 1.807) is 18.0 Å². The number of para-hydroxylation sites is 1. The highest BCUT2D eigenvalue weighted by atomic mass is 19.1. The quantitative estimate of drug-likeness (QED) is 0.409. The molecule has 4 aromatic rings. The van der Waals surface area contributed by atoms with Crippen LogP contribution in [0.1, 0.15) is 18.4 Å². The maximum absolute atomic E-state index is 14.2. The van der Waals surface area contributed by atoms with Crippen molar-refractivity contribution in [3.05, 3.63) is 78.1 Å². The average Bonchev–Trinajstić information content (AvgIpc) is 3.17. The molecule has 1 aliphatic heterocycles. The van der Waals surface area contributed by atoms with Gasteiger partial charge in [-0.3, -0.25) is 0 Å². The number of aliphatic carboxylic acids is 1. The molecule has 178 valence electrons. The molecule has 0 saturated carbocycles. The van der Waals surface area contributed by atoms with Gasteiger partial charge in [0.05, 0.1) is 23.5 Å². The number of nitrogens with zero attached hydrogens (tertiary/aromatic N) is 2. The Labute approximate surface area is 202 Å². The third-order valence-corrected chi connectivity index (χ3v) is 6.64. The van der Waals surface area contributed by atoms with E-state index < -0.39 is 23.7 Å². The van der Waals surface area contributed by atoms with Crippen LogP contribution in [-0.2, 0) is 4.79 Å². The van der Waals surface area contributed by atoms with E-state index in [1.807, 2.05) is 55.5 Å². The molecule has 0 amide bonds. The van der Waals surface area contributed by atoms with Gasteiger partial charge in [0.15, 0.2) is 0 Å². The van der Waals surface area contributed by atoms with E-state index >= 15 is 0 Å². The van der Waals surface area contributed by atoms with Crippen molar-refractivity contribution in [3.63, 3.8) is 0 Å². The lowest BCUT2D eigenvalue weighted by atomic mass is 9.90. The van der Waals surface area contributed by atoms with E-state index in [9.17, 15) is 14.3 Å². The van der Waals surface area contributed by atoms with Crippen LogP contribution in [0.2, 0.25) is 0 Å². The van der Waals surface area contributed by atoms with Gasteiger partial charge in [-0.2, -0.15) is 0 Å². The summed E-state index contributed by atoms with van der Waals surface area (Å²) in [6.45, 7) is 2.65. The van der Waals surface area contributed by atoms with Crippen molar-refractivity contribution in [2.75, 3.05) is 25.1 Å². The number of ether oxygens (including phenoxy) is 1. The number of pyridine rings is 1. The minimum absolute atomic E-state index is 0.129. The van der Waals surface area contributed by atoms with Gasteiger partial charge in [0.2, 0.25) is 0 Å². The van der Waals surface area contributed by atoms with Crippen molar-refractivity contribution >= 4 is 22.6 Å². The minimum atomic E-state index is -0.975. The van der Waals surface area contributed by atoms with Gasteiger partial charge in [-0.15, -0.1) is 0 Å². The van der Waals surface area contributed by atoms with Crippen molar-refractivity contribution in [3.8, 4) is 28.1 Å². The van der Waals surface area contributed by atoms with E-state index in [4.69, 9.17) is 15.5 Å². The summed E-state index contributed by atoms with van der Waals surface area (Å²) >= 11 is 0. The highest BCUT2D eigenvalue weighted by molar-refractivity contribution is 6.01. The first-order chi connectivity index (χ1) is 16.9. The first-order valence-corrected chi connectivity index (χ1v) is 11.6. The number of anilines is 1. The maximum Gasteiger partial charge on any atom is 0.327 e. The fraction of sp³-hybridized carbons (Fsp3) is 0.214. The van der Waals surface area contributed by atoms with E-state index in [-0.39, 0.29) is 6.54 Å². The number of carbonyl (C=O) groups is 1. The number of aromatic nitrogens is 1. The van der Waals surface area contributed by atoms with Gasteiger partial charge >= 0.3 is 5.97 Å². The number of benzene rings is 3. The summed E-state index contributed by atoms with van der Waals surface area (Å²) in [5.74, 6) is -1.05. The molecule has 7 heteroatoms. The minimum Gasteiger partial charge on any atom is -0.493 e. The number of likely N-dealkylation sites (N-methyl/N-ethyl adjacent to an activating group) is 1. The molecule has 3 aromatic carbocycles. The molecule has 1 aliphatic rings. The monoisotopic (exact) mass is 471 g/mol. The Hall–Kier alpha value is -3.97. The molecule has 2 atom stereocenters. The number of rotatable bonds is 6. The fourth-order valence-electron chi connectivity index (χ4n) is 5.13. The van der Waals surface area contributed by atoms with E-state index in [0.29, 0.717) is 28.9 Å². The second-order valence-corrected chi connectivity index (χ2v) is 8.63. The first-order valence-electron chi connectivity index (χ1n) is 11.6. The topological polar surface area (TPSA) is 88.7 Å².